The van der Waals surface area contributed by atoms with Crippen LogP contribution >= 0.6 is 0 Å². The van der Waals surface area contributed by atoms with Gasteiger partial charge < -0.3 is 15.4 Å². The van der Waals surface area contributed by atoms with Gasteiger partial charge in [-0.25, -0.2) is 13.1 Å². The number of ether oxygens (including phenoxy) is 1. The average Bonchev–Trinajstić information content (AvgIpc) is 3.59. The lowest BCUT2D eigenvalue weighted by atomic mass is 10.1. The Morgan fingerprint density at radius 1 is 1.10 bits per heavy atom. The molecule has 1 saturated carbocycles. The minimum atomic E-state index is -3.41. The Morgan fingerprint density at radius 3 is 2.45 bits per heavy atom. The molecule has 0 saturated heterocycles. The normalized spacial score (nSPS) is 15.5. The van der Waals surface area contributed by atoms with Crippen LogP contribution in [0.25, 0.3) is 0 Å². The molecule has 7 nitrogen and oxygen atoms in total. The summed E-state index contributed by atoms with van der Waals surface area (Å²) in [5, 5.41) is 6.52. The van der Waals surface area contributed by atoms with Crippen LogP contribution in [-0.4, -0.2) is 40.6 Å². The van der Waals surface area contributed by atoms with Gasteiger partial charge in [0, 0.05) is 32.8 Å². The van der Waals surface area contributed by atoms with Gasteiger partial charge >= 0.3 is 0 Å². The van der Waals surface area contributed by atoms with Crippen molar-refractivity contribution in [1.82, 2.24) is 15.4 Å². The number of nitrogens with zero attached hydrogens (tertiary/aromatic N) is 1. The summed E-state index contributed by atoms with van der Waals surface area (Å²) in [6.45, 7) is 4.01. The first-order chi connectivity index (χ1) is 15.0. The zero-order valence-corrected chi connectivity index (χ0v) is 19.0. The lowest BCUT2D eigenvalue weighted by Crippen LogP contribution is -2.37. The number of guanidine groups is 1. The maximum atomic E-state index is 12.2. The minimum absolute atomic E-state index is 0.0740. The van der Waals surface area contributed by atoms with Crippen LogP contribution in [0.1, 0.15) is 43.4 Å². The molecule has 168 valence electrons. The Morgan fingerprint density at radius 2 is 1.81 bits per heavy atom. The first-order valence-corrected chi connectivity index (χ1v) is 12.2. The molecule has 0 amide bonds. The van der Waals surface area contributed by atoms with Crippen LogP contribution in [0.4, 0.5) is 0 Å². The first-order valence-electron chi connectivity index (χ1n) is 10.7. The standard InChI is InChI=1S/C23H32N4O3S/c1-18(20-7-4-3-5-8-20)30-16-6-15-25-23(24-2)26-17-19-9-13-22(14-10-19)31(28,29)27-21-11-12-21/h3-5,7-10,13-14,18,21,27H,6,11-12,15-17H2,1-2H3,(H2,24,25,26). The molecule has 2 aromatic carbocycles. The summed E-state index contributed by atoms with van der Waals surface area (Å²) < 4.78 is 33.0. The summed E-state index contributed by atoms with van der Waals surface area (Å²) in [6.07, 6.45) is 2.78. The summed E-state index contributed by atoms with van der Waals surface area (Å²) in [5.41, 5.74) is 2.16. The summed E-state index contributed by atoms with van der Waals surface area (Å²) in [7, 11) is -1.68. The number of benzene rings is 2. The third-order valence-corrected chi connectivity index (χ3v) is 6.60. The zero-order valence-electron chi connectivity index (χ0n) is 18.2. The third-order valence-electron chi connectivity index (χ3n) is 5.07. The van der Waals surface area contributed by atoms with E-state index in [9.17, 15) is 8.42 Å². The summed E-state index contributed by atoms with van der Waals surface area (Å²) in [6, 6.07) is 17.2. The van der Waals surface area contributed by atoms with E-state index in [0.29, 0.717) is 24.0 Å². The predicted octanol–water partition coefficient (Wildman–Crippen LogP) is 2.96. The molecule has 1 aliphatic carbocycles. The van der Waals surface area contributed by atoms with Gasteiger partial charge in [-0.05, 0) is 49.4 Å². The Kier molecular flexibility index (Phi) is 8.45. The number of sulfonamides is 1. The molecule has 8 heteroatoms. The van der Waals surface area contributed by atoms with Crippen LogP contribution in [0.5, 0.6) is 0 Å². The maximum absolute atomic E-state index is 12.2. The van der Waals surface area contributed by atoms with Crippen molar-refractivity contribution in [2.75, 3.05) is 20.2 Å². The monoisotopic (exact) mass is 444 g/mol. The van der Waals surface area contributed by atoms with Crippen molar-refractivity contribution >= 4 is 16.0 Å². The zero-order chi connectivity index (χ0) is 22.1. The molecule has 3 rings (SSSR count). The largest absolute Gasteiger partial charge is 0.374 e. The molecule has 31 heavy (non-hydrogen) atoms. The molecule has 1 aliphatic rings. The summed E-state index contributed by atoms with van der Waals surface area (Å²) in [5.74, 6) is 0.697. The quantitative estimate of drug-likeness (QED) is 0.282. The second-order valence-corrected chi connectivity index (χ2v) is 9.38. The minimum Gasteiger partial charge on any atom is -0.374 e. The van der Waals surface area contributed by atoms with Crippen LogP contribution in [0, 0.1) is 0 Å². The summed E-state index contributed by atoms with van der Waals surface area (Å²) >= 11 is 0. The highest BCUT2D eigenvalue weighted by molar-refractivity contribution is 7.89. The Bertz CT molecular complexity index is 943. The SMILES string of the molecule is CN=C(NCCCOC(C)c1ccccc1)NCc1ccc(S(=O)(=O)NC2CC2)cc1. The van der Waals surface area contributed by atoms with E-state index in [0.717, 1.165) is 31.4 Å². The van der Waals surface area contributed by atoms with E-state index in [1.807, 2.05) is 30.3 Å². The lowest BCUT2D eigenvalue weighted by molar-refractivity contribution is 0.0646. The fraction of sp³-hybridized carbons (Fsp3) is 0.435. The molecular weight excluding hydrogens is 412 g/mol. The Balaban J connectivity index is 1.35. The second kappa shape index (κ2) is 11.3. The van der Waals surface area contributed by atoms with Gasteiger partial charge in [-0.1, -0.05) is 42.5 Å². The summed E-state index contributed by atoms with van der Waals surface area (Å²) in [4.78, 5) is 4.53. The number of rotatable bonds is 11. The predicted molar refractivity (Wildman–Crippen MR) is 123 cm³/mol. The fourth-order valence-electron chi connectivity index (χ4n) is 3.04. The number of hydrogen-bond acceptors (Lipinski definition) is 4. The molecule has 1 atom stereocenters. The molecule has 0 radical (unpaired) electrons. The van der Waals surface area contributed by atoms with Crippen molar-refractivity contribution in [3.05, 3.63) is 65.7 Å². The van der Waals surface area contributed by atoms with E-state index in [1.165, 1.54) is 5.56 Å². The van der Waals surface area contributed by atoms with Crippen molar-refractivity contribution in [1.29, 1.82) is 0 Å². The molecule has 0 heterocycles. The molecule has 0 aromatic heterocycles. The van der Waals surface area contributed by atoms with E-state index < -0.39 is 10.0 Å². The number of nitrogens with one attached hydrogen (secondary N) is 3. The fourth-order valence-corrected chi connectivity index (χ4v) is 4.35. The van der Waals surface area contributed by atoms with Crippen molar-refractivity contribution in [3.63, 3.8) is 0 Å². The Labute approximate surface area is 185 Å². The molecule has 0 aliphatic heterocycles. The van der Waals surface area contributed by atoms with E-state index in [-0.39, 0.29) is 12.1 Å². The van der Waals surface area contributed by atoms with Crippen molar-refractivity contribution < 1.29 is 13.2 Å². The average molecular weight is 445 g/mol. The van der Waals surface area contributed by atoms with E-state index >= 15 is 0 Å². The highest BCUT2D eigenvalue weighted by Crippen LogP contribution is 2.22. The van der Waals surface area contributed by atoms with Crippen LogP contribution in [0.15, 0.2) is 64.5 Å². The topological polar surface area (TPSA) is 91.8 Å². The molecular formula is C23H32N4O3S. The van der Waals surface area contributed by atoms with Crippen LogP contribution in [-0.2, 0) is 21.3 Å². The second-order valence-electron chi connectivity index (χ2n) is 7.67. The van der Waals surface area contributed by atoms with Crippen LogP contribution < -0.4 is 15.4 Å². The molecule has 3 N–H and O–H groups in total. The van der Waals surface area contributed by atoms with Crippen molar-refractivity contribution in [2.45, 2.75) is 49.8 Å². The van der Waals surface area contributed by atoms with Gasteiger partial charge in [0.2, 0.25) is 10.0 Å². The Hall–Kier alpha value is -2.42. The third kappa shape index (κ3) is 7.65. The van der Waals surface area contributed by atoms with Gasteiger partial charge in [-0.2, -0.15) is 0 Å². The highest BCUT2D eigenvalue weighted by Gasteiger charge is 2.27. The van der Waals surface area contributed by atoms with Gasteiger partial charge in [0.1, 0.15) is 0 Å². The van der Waals surface area contributed by atoms with Gasteiger partial charge in [0.15, 0.2) is 5.96 Å². The van der Waals surface area contributed by atoms with Crippen LogP contribution in [0.3, 0.4) is 0 Å². The molecule has 0 bridgehead atoms. The van der Waals surface area contributed by atoms with Gasteiger partial charge in [0.25, 0.3) is 0 Å². The molecule has 1 fully saturated rings. The van der Waals surface area contributed by atoms with Gasteiger partial charge in [-0.15, -0.1) is 0 Å². The molecule has 0 spiro atoms. The molecule has 1 unspecified atom stereocenters. The number of aliphatic imine (C=N–C) groups is 1. The van der Waals surface area contributed by atoms with Crippen LogP contribution in [0.2, 0.25) is 0 Å². The first kappa shape index (κ1) is 23.2. The smallest absolute Gasteiger partial charge is 0.240 e. The van der Waals surface area contributed by atoms with Crippen molar-refractivity contribution in [3.8, 4) is 0 Å². The van der Waals surface area contributed by atoms with Gasteiger partial charge in [-0.3, -0.25) is 4.99 Å². The maximum Gasteiger partial charge on any atom is 0.240 e. The van der Waals surface area contributed by atoms with Gasteiger partial charge in [0.05, 0.1) is 11.0 Å². The lowest BCUT2D eigenvalue weighted by Gasteiger charge is -2.15. The highest BCUT2D eigenvalue weighted by atomic mass is 32.2. The van der Waals surface area contributed by atoms with Crippen molar-refractivity contribution in [2.24, 2.45) is 4.99 Å². The van der Waals surface area contributed by atoms with E-state index in [2.05, 4.69) is 39.4 Å². The molecule has 2 aromatic rings. The van der Waals surface area contributed by atoms with E-state index in [1.54, 1.807) is 19.2 Å². The van der Waals surface area contributed by atoms with E-state index in [4.69, 9.17) is 4.74 Å². The number of hydrogen-bond donors (Lipinski definition) is 3.